The summed E-state index contributed by atoms with van der Waals surface area (Å²) in [6.07, 6.45) is 8.84. The quantitative estimate of drug-likeness (QED) is 0.484. The van der Waals surface area contributed by atoms with Gasteiger partial charge in [-0.15, -0.1) is 0 Å². The van der Waals surface area contributed by atoms with Crippen molar-refractivity contribution in [3.63, 3.8) is 0 Å². The summed E-state index contributed by atoms with van der Waals surface area (Å²) in [5.74, 6) is 6.19. The zero-order valence-electron chi connectivity index (χ0n) is 13.7. The molecule has 0 heteroatoms. The van der Waals surface area contributed by atoms with Crippen LogP contribution in [0, 0.1) is 35.5 Å². The summed E-state index contributed by atoms with van der Waals surface area (Å²) in [6, 6.07) is 0. The summed E-state index contributed by atoms with van der Waals surface area (Å²) in [5.41, 5.74) is 0. The van der Waals surface area contributed by atoms with Gasteiger partial charge in [-0.1, -0.05) is 73.6 Å². The molecule has 0 N–H and O–H groups in total. The first-order chi connectivity index (χ1) is 8.41. The topological polar surface area (TPSA) is 0 Å². The van der Waals surface area contributed by atoms with Crippen LogP contribution >= 0.6 is 0 Å². The first-order valence-electron chi connectivity index (χ1n) is 8.41. The maximum atomic E-state index is 2.36. The van der Waals surface area contributed by atoms with Gasteiger partial charge >= 0.3 is 0 Å². The van der Waals surface area contributed by atoms with Gasteiger partial charge in [-0.3, -0.25) is 0 Å². The van der Waals surface area contributed by atoms with E-state index in [0.717, 1.165) is 35.5 Å². The Bertz CT molecular complexity index is 198. The first-order valence-corrected chi connectivity index (χ1v) is 8.41. The Morgan fingerprint density at radius 1 is 0.444 bits per heavy atom. The number of rotatable bonds is 0. The van der Waals surface area contributed by atoms with Crippen LogP contribution in [0.2, 0.25) is 0 Å². The summed E-state index contributed by atoms with van der Waals surface area (Å²) >= 11 is 0. The largest absolute Gasteiger partial charge is 0.0623 e. The fourth-order valence-electron chi connectivity index (χ4n) is 2.67. The molecule has 108 valence electrons. The highest BCUT2D eigenvalue weighted by molar-refractivity contribution is 4.76. The molecule has 6 unspecified atom stereocenters. The molecule has 3 aliphatic carbocycles. The molecule has 0 amide bonds. The average Bonchev–Trinajstić information content (AvgIpc) is 2.85. The van der Waals surface area contributed by atoms with Gasteiger partial charge < -0.3 is 0 Å². The normalized spacial score (nSPS) is 45.0. The van der Waals surface area contributed by atoms with Crippen molar-refractivity contribution in [3.05, 3.63) is 0 Å². The molecule has 0 aromatic rings. The van der Waals surface area contributed by atoms with Crippen LogP contribution in [0.3, 0.4) is 0 Å². The maximum Gasteiger partial charge on any atom is -0.0414 e. The van der Waals surface area contributed by atoms with E-state index in [9.17, 15) is 0 Å². The smallest absolute Gasteiger partial charge is 0.0414 e. The molecule has 0 radical (unpaired) electrons. The van der Waals surface area contributed by atoms with E-state index in [1.165, 1.54) is 38.5 Å². The molecule has 0 heterocycles. The molecule has 0 aromatic heterocycles. The minimum Gasteiger partial charge on any atom is -0.0623 e. The van der Waals surface area contributed by atoms with Crippen LogP contribution in [0.25, 0.3) is 0 Å². The molecule has 0 nitrogen and oxygen atoms in total. The summed E-state index contributed by atoms with van der Waals surface area (Å²) in [6.45, 7) is 14.0. The van der Waals surface area contributed by atoms with E-state index in [1.807, 2.05) is 0 Å². The van der Waals surface area contributed by atoms with Gasteiger partial charge in [0.25, 0.3) is 0 Å². The molecular weight excluding hydrogens is 216 g/mol. The Kier molecular flexibility index (Phi) is 6.74. The van der Waals surface area contributed by atoms with Gasteiger partial charge in [0, 0.05) is 0 Å². The summed E-state index contributed by atoms with van der Waals surface area (Å²) in [5, 5.41) is 0. The predicted octanol–water partition coefficient (Wildman–Crippen LogP) is 6.16. The van der Waals surface area contributed by atoms with Crippen molar-refractivity contribution in [2.75, 3.05) is 0 Å². The number of hydrogen-bond donors (Lipinski definition) is 0. The van der Waals surface area contributed by atoms with Crippen molar-refractivity contribution in [1.82, 2.24) is 0 Å². The molecule has 18 heavy (non-hydrogen) atoms. The minimum atomic E-state index is 1.01. The Morgan fingerprint density at radius 3 is 0.778 bits per heavy atom. The number of hydrogen-bond acceptors (Lipinski definition) is 0. The second-order valence-electron chi connectivity index (χ2n) is 7.61. The van der Waals surface area contributed by atoms with E-state index in [4.69, 9.17) is 0 Å². The predicted molar refractivity (Wildman–Crippen MR) is 82.7 cm³/mol. The fourth-order valence-corrected chi connectivity index (χ4v) is 2.67. The molecule has 3 fully saturated rings. The zero-order valence-corrected chi connectivity index (χ0v) is 13.7. The lowest BCUT2D eigenvalue weighted by molar-refractivity contribution is 0.219. The molecule has 0 bridgehead atoms. The van der Waals surface area contributed by atoms with Gasteiger partial charge in [-0.05, 0) is 41.9 Å². The van der Waals surface area contributed by atoms with Gasteiger partial charge in [0.1, 0.15) is 0 Å². The van der Waals surface area contributed by atoms with Gasteiger partial charge in [0.2, 0.25) is 0 Å². The maximum absolute atomic E-state index is 2.36. The molecule has 0 aliphatic heterocycles. The van der Waals surface area contributed by atoms with Crippen LogP contribution in [0.5, 0.6) is 0 Å². The van der Waals surface area contributed by atoms with Crippen LogP contribution in [0.1, 0.15) is 80.1 Å². The van der Waals surface area contributed by atoms with E-state index < -0.39 is 0 Å². The summed E-state index contributed by atoms with van der Waals surface area (Å²) < 4.78 is 0. The first kappa shape index (κ1) is 16.1. The Balaban J connectivity index is 0.000000137. The lowest BCUT2D eigenvalue weighted by Gasteiger charge is -2.29. The van der Waals surface area contributed by atoms with E-state index in [-0.39, 0.29) is 0 Å². The third kappa shape index (κ3) is 5.76. The lowest BCUT2D eigenvalue weighted by atomic mass is 9.77. The molecule has 3 aliphatic rings. The molecule has 3 saturated carbocycles. The second-order valence-corrected chi connectivity index (χ2v) is 7.61. The van der Waals surface area contributed by atoms with E-state index in [0.29, 0.717) is 0 Å². The molecule has 0 aromatic carbocycles. The highest BCUT2D eigenvalue weighted by atomic mass is 14.3. The standard InChI is InChI=1S/C7H14.C6H12.C5H10/c1-6-4-3-5-7(6)2;1-5-3-4-6(5)2;1-4-3-5(4)2/h6-7H,3-5H2,1-2H3;5-6H,3-4H2,1-2H3;4-5H,3H2,1-2H3. The van der Waals surface area contributed by atoms with Crippen LogP contribution in [-0.4, -0.2) is 0 Å². The lowest BCUT2D eigenvalue weighted by Crippen LogP contribution is -2.18. The third-order valence-corrected chi connectivity index (χ3v) is 5.85. The van der Waals surface area contributed by atoms with Crippen LogP contribution in [-0.2, 0) is 0 Å². The van der Waals surface area contributed by atoms with Crippen LogP contribution < -0.4 is 0 Å². The highest BCUT2D eigenvalue weighted by Gasteiger charge is 2.26. The summed E-state index contributed by atoms with van der Waals surface area (Å²) in [7, 11) is 0. The fraction of sp³-hybridized carbons (Fsp3) is 1.00. The Labute approximate surface area is 116 Å². The molecular formula is C18H36. The third-order valence-electron chi connectivity index (χ3n) is 5.85. The average molecular weight is 252 g/mol. The van der Waals surface area contributed by atoms with E-state index in [1.54, 1.807) is 0 Å². The van der Waals surface area contributed by atoms with Crippen LogP contribution in [0.15, 0.2) is 0 Å². The van der Waals surface area contributed by atoms with Crippen LogP contribution in [0.4, 0.5) is 0 Å². The minimum absolute atomic E-state index is 1.01. The molecule has 0 spiro atoms. The Morgan fingerprint density at radius 2 is 0.722 bits per heavy atom. The Hall–Kier alpha value is 0. The van der Waals surface area contributed by atoms with Gasteiger partial charge in [-0.2, -0.15) is 0 Å². The SMILES string of the molecule is CC1CC1C.CC1CCC1C.CC1CCCC1C. The van der Waals surface area contributed by atoms with Crippen molar-refractivity contribution in [3.8, 4) is 0 Å². The van der Waals surface area contributed by atoms with E-state index in [2.05, 4.69) is 41.5 Å². The van der Waals surface area contributed by atoms with Crippen molar-refractivity contribution >= 4 is 0 Å². The van der Waals surface area contributed by atoms with Gasteiger partial charge in [-0.25, -0.2) is 0 Å². The molecule has 6 atom stereocenters. The van der Waals surface area contributed by atoms with Crippen molar-refractivity contribution in [2.24, 2.45) is 35.5 Å². The molecule has 3 rings (SSSR count). The second kappa shape index (κ2) is 7.56. The molecule has 0 saturated heterocycles. The monoisotopic (exact) mass is 252 g/mol. The van der Waals surface area contributed by atoms with Crippen molar-refractivity contribution in [1.29, 1.82) is 0 Å². The van der Waals surface area contributed by atoms with Crippen molar-refractivity contribution in [2.45, 2.75) is 80.1 Å². The van der Waals surface area contributed by atoms with Gasteiger partial charge in [0.15, 0.2) is 0 Å². The summed E-state index contributed by atoms with van der Waals surface area (Å²) in [4.78, 5) is 0. The highest BCUT2D eigenvalue weighted by Crippen LogP contribution is 2.36. The van der Waals surface area contributed by atoms with Crippen molar-refractivity contribution < 1.29 is 0 Å². The zero-order chi connectivity index (χ0) is 13.7. The van der Waals surface area contributed by atoms with E-state index >= 15 is 0 Å². The van der Waals surface area contributed by atoms with Gasteiger partial charge in [0.05, 0.1) is 0 Å².